The zero-order valence-electron chi connectivity index (χ0n) is 11.8. The molecule has 2 N–H and O–H groups in total. The van der Waals surface area contributed by atoms with Crippen molar-refractivity contribution in [1.29, 1.82) is 0 Å². The van der Waals surface area contributed by atoms with E-state index in [4.69, 9.17) is 4.74 Å². The Balaban J connectivity index is 2.48. The van der Waals surface area contributed by atoms with Crippen LogP contribution in [0, 0.1) is 17.8 Å². The van der Waals surface area contributed by atoms with Crippen molar-refractivity contribution in [3.8, 4) is 0 Å². The molecule has 0 aromatic rings. The molecule has 0 bridgehead atoms. The van der Waals surface area contributed by atoms with Gasteiger partial charge in [-0.1, -0.05) is 45.6 Å². The molecule has 0 aromatic heterocycles. The molecular weight excluding hydrogens is 244 g/mol. The molecule has 0 aromatic carbocycles. The van der Waals surface area contributed by atoms with Gasteiger partial charge in [-0.25, -0.2) is 4.79 Å². The van der Waals surface area contributed by atoms with Crippen molar-refractivity contribution in [3.63, 3.8) is 0 Å². The second-order valence-electron chi connectivity index (χ2n) is 5.55. The van der Waals surface area contributed by atoms with E-state index in [-0.39, 0.29) is 25.0 Å². The summed E-state index contributed by atoms with van der Waals surface area (Å²) in [6.45, 7) is 5.32. The van der Waals surface area contributed by atoms with Gasteiger partial charge in [-0.15, -0.1) is 0 Å². The third kappa shape index (κ3) is 4.96. The first-order valence-electron chi connectivity index (χ1n) is 7.18. The van der Waals surface area contributed by atoms with Gasteiger partial charge in [0.1, 0.15) is 0 Å². The first-order valence-corrected chi connectivity index (χ1v) is 7.18. The lowest BCUT2D eigenvalue weighted by Gasteiger charge is -2.34. The maximum absolute atomic E-state index is 11.0. The Kier molecular flexibility index (Phi) is 7.10. The molecule has 1 aliphatic carbocycles. The van der Waals surface area contributed by atoms with Gasteiger partial charge in [-0.3, -0.25) is 0 Å². The van der Waals surface area contributed by atoms with Gasteiger partial charge < -0.3 is 14.9 Å². The van der Waals surface area contributed by atoms with Crippen LogP contribution in [0.5, 0.6) is 0 Å². The van der Waals surface area contributed by atoms with Gasteiger partial charge in [0.2, 0.25) is 0 Å². The Bertz CT molecular complexity index is 284. The summed E-state index contributed by atoms with van der Waals surface area (Å²) in [6.07, 6.45) is 6.22. The van der Waals surface area contributed by atoms with Crippen LogP contribution in [0.2, 0.25) is 0 Å². The summed E-state index contributed by atoms with van der Waals surface area (Å²) in [5, 5.41) is 19.9. The number of carbonyl (C=O) groups excluding carboxylic acids is 1. The molecule has 110 valence electrons. The summed E-state index contributed by atoms with van der Waals surface area (Å²) in [5.74, 6) is -0.385. The van der Waals surface area contributed by atoms with Crippen molar-refractivity contribution in [2.45, 2.75) is 45.1 Å². The second kappa shape index (κ2) is 8.33. The van der Waals surface area contributed by atoms with Crippen molar-refractivity contribution in [3.05, 3.63) is 12.7 Å². The monoisotopic (exact) mass is 270 g/mol. The Morgan fingerprint density at radius 3 is 2.58 bits per heavy atom. The third-order valence-corrected chi connectivity index (χ3v) is 4.14. The molecule has 1 saturated carbocycles. The van der Waals surface area contributed by atoms with Gasteiger partial charge in [-0.2, -0.15) is 0 Å². The summed E-state index contributed by atoms with van der Waals surface area (Å²) in [4.78, 5) is 11.0. The van der Waals surface area contributed by atoms with Crippen LogP contribution in [0.25, 0.3) is 0 Å². The van der Waals surface area contributed by atoms with Crippen molar-refractivity contribution >= 4 is 5.97 Å². The van der Waals surface area contributed by atoms with E-state index in [9.17, 15) is 15.0 Å². The van der Waals surface area contributed by atoms with E-state index >= 15 is 0 Å². The second-order valence-corrected chi connectivity index (χ2v) is 5.55. The summed E-state index contributed by atoms with van der Waals surface area (Å²) in [5.41, 5.74) is 0. The molecule has 0 heterocycles. The van der Waals surface area contributed by atoms with E-state index < -0.39 is 12.1 Å². The lowest BCUT2D eigenvalue weighted by Crippen LogP contribution is -2.38. The molecule has 1 aliphatic rings. The number of rotatable bonds is 7. The molecule has 0 amide bonds. The highest BCUT2D eigenvalue weighted by molar-refractivity contribution is 5.81. The quantitative estimate of drug-likeness (QED) is 0.548. The maximum Gasteiger partial charge on any atom is 0.330 e. The number of carbonyl (C=O) groups is 1. The molecule has 3 atom stereocenters. The average Bonchev–Trinajstić information content (AvgIpc) is 2.46. The zero-order valence-corrected chi connectivity index (χ0v) is 11.8. The van der Waals surface area contributed by atoms with E-state index in [1.165, 1.54) is 19.3 Å². The SMILES string of the molecule is C=CC(=O)OCC(C)C(O)C(CO)C1CCCCC1. The van der Waals surface area contributed by atoms with Crippen molar-refractivity contribution in [2.75, 3.05) is 13.2 Å². The molecule has 1 fully saturated rings. The Labute approximate surface area is 115 Å². The number of aliphatic hydroxyl groups is 2. The zero-order chi connectivity index (χ0) is 14.3. The van der Waals surface area contributed by atoms with E-state index in [0.29, 0.717) is 5.92 Å². The van der Waals surface area contributed by atoms with Crippen LogP contribution in [-0.4, -0.2) is 35.5 Å². The fraction of sp³-hybridized carbons (Fsp3) is 0.800. The summed E-state index contributed by atoms with van der Waals surface area (Å²) >= 11 is 0. The highest BCUT2D eigenvalue weighted by Gasteiger charge is 2.32. The molecule has 3 unspecified atom stereocenters. The topological polar surface area (TPSA) is 66.8 Å². The molecular formula is C15H26O4. The predicted octanol–water partition coefficient (Wildman–Crippen LogP) is 1.90. The maximum atomic E-state index is 11.0. The van der Waals surface area contributed by atoms with Crippen molar-refractivity contribution in [2.24, 2.45) is 17.8 Å². The fourth-order valence-electron chi connectivity index (χ4n) is 2.89. The van der Waals surface area contributed by atoms with E-state index in [0.717, 1.165) is 18.9 Å². The number of hydrogen-bond donors (Lipinski definition) is 2. The van der Waals surface area contributed by atoms with Crippen LogP contribution in [-0.2, 0) is 9.53 Å². The first-order chi connectivity index (χ1) is 9.10. The van der Waals surface area contributed by atoms with Gasteiger partial charge >= 0.3 is 5.97 Å². The van der Waals surface area contributed by atoms with Gasteiger partial charge in [0, 0.05) is 24.5 Å². The van der Waals surface area contributed by atoms with Crippen LogP contribution < -0.4 is 0 Å². The van der Waals surface area contributed by atoms with E-state index in [2.05, 4.69) is 6.58 Å². The summed E-state index contributed by atoms with van der Waals surface area (Å²) < 4.78 is 4.96. The molecule has 0 spiro atoms. The number of aliphatic hydroxyl groups excluding tert-OH is 2. The molecule has 19 heavy (non-hydrogen) atoms. The van der Waals surface area contributed by atoms with E-state index in [1.54, 1.807) is 0 Å². The highest BCUT2D eigenvalue weighted by atomic mass is 16.5. The summed E-state index contributed by atoms with van der Waals surface area (Å²) in [7, 11) is 0. The Morgan fingerprint density at radius 1 is 1.42 bits per heavy atom. The molecule has 4 nitrogen and oxygen atoms in total. The minimum absolute atomic E-state index is 0.00836. The highest BCUT2D eigenvalue weighted by Crippen LogP contribution is 2.33. The van der Waals surface area contributed by atoms with Crippen LogP contribution in [0.1, 0.15) is 39.0 Å². The lowest BCUT2D eigenvalue weighted by molar-refractivity contribution is -0.141. The van der Waals surface area contributed by atoms with Crippen LogP contribution in [0.15, 0.2) is 12.7 Å². The molecule has 0 saturated heterocycles. The third-order valence-electron chi connectivity index (χ3n) is 4.14. The molecule has 0 aliphatic heterocycles. The number of esters is 1. The first kappa shape index (κ1) is 16.2. The van der Waals surface area contributed by atoms with Crippen LogP contribution >= 0.6 is 0 Å². The predicted molar refractivity (Wildman–Crippen MR) is 73.5 cm³/mol. The van der Waals surface area contributed by atoms with Gasteiger partial charge in [0.05, 0.1) is 12.7 Å². The average molecular weight is 270 g/mol. The summed E-state index contributed by atoms with van der Waals surface area (Å²) in [6, 6.07) is 0. The lowest BCUT2D eigenvalue weighted by atomic mass is 9.75. The van der Waals surface area contributed by atoms with E-state index in [1.807, 2.05) is 6.92 Å². The van der Waals surface area contributed by atoms with Gasteiger partial charge in [0.25, 0.3) is 0 Å². The minimum Gasteiger partial charge on any atom is -0.462 e. The smallest absolute Gasteiger partial charge is 0.330 e. The van der Waals surface area contributed by atoms with Crippen molar-refractivity contribution < 1.29 is 19.7 Å². The Hall–Kier alpha value is -0.870. The molecule has 4 heteroatoms. The van der Waals surface area contributed by atoms with Gasteiger partial charge in [0.15, 0.2) is 0 Å². The van der Waals surface area contributed by atoms with Crippen molar-refractivity contribution in [1.82, 2.24) is 0 Å². The van der Waals surface area contributed by atoms with Crippen LogP contribution in [0.3, 0.4) is 0 Å². The van der Waals surface area contributed by atoms with Gasteiger partial charge in [-0.05, 0) is 5.92 Å². The standard InChI is InChI=1S/C15H26O4/c1-3-14(17)19-10-11(2)15(18)13(9-16)12-7-5-4-6-8-12/h3,11-13,15-16,18H,1,4-10H2,2H3. The molecule has 1 rings (SSSR count). The molecule has 0 radical (unpaired) electrons. The van der Waals surface area contributed by atoms with Crippen LogP contribution in [0.4, 0.5) is 0 Å². The normalized spacial score (nSPS) is 21.4. The number of hydrogen-bond acceptors (Lipinski definition) is 4. The largest absolute Gasteiger partial charge is 0.462 e. The Morgan fingerprint density at radius 2 is 2.05 bits per heavy atom. The fourth-order valence-corrected chi connectivity index (χ4v) is 2.89. The minimum atomic E-state index is -0.634. The number of ether oxygens (including phenoxy) is 1.